The first-order chi connectivity index (χ1) is 5.65. The number of ketones is 1. The van der Waals surface area contributed by atoms with Crippen LogP contribution in [0.25, 0.3) is 0 Å². The van der Waals surface area contributed by atoms with Crippen molar-refractivity contribution in [2.75, 3.05) is 5.33 Å². The van der Waals surface area contributed by atoms with Crippen molar-refractivity contribution in [2.45, 2.75) is 6.92 Å². The van der Waals surface area contributed by atoms with Gasteiger partial charge < -0.3 is 0 Å². The van der Waals surface area contributed by atoms with Crippen LogP contribution in [-0.2, 0) is 0 Å². The molecule has 0 unspecified atom stereocenters. The molecule has 0 aliphatic carbocycles. The molecule has 0 aliphatic rings. The summed E-state index contributed by atoms with van der Waals surface area (Å²) in [7, 11) is 0. The molecule has 1 aromatic rings. The standard InChI is InChI=1S/C8H7BrFNO/c1-5-2-6(7(12)3-9)4-11-8(5)10/h2,4H,3H2,1H3. The Morgan fingerprint density at radius 2 is 2.42 bits per heavy atom. The number of aromatic nitrogens is 1. The van der Waals surface area contributed by atoms with Crippen molar-refractivity contribution in [2.24, 2.45) is 0 Å². The Morgan fingerprint density at radius 3 is 2.92 bits per heavy atom. The lowest BCUT2D eigenvalue weighted by Crippen LogP contribution is -2.02. The molecule has 1 heterocycles. The van der Waals surface area contributed by atoms with Gasteiger partial charge in [-0.15, -0.1) is 0 Å². The fourth-order valence-corrected chi connectivity index (χ4v) is 1.11. The van der Waals surface area contributed by atoms with Gasteiger partial charge in [0.1, 0.15) is 0 Å². The largest absolute Gasteiger partial charge is 0.293 e. The topological polar surface area (TPSA) is 30.0 Å². The summed E-state index contributed by atoms with van der Waals surface area (Å²) >= 11 is 3.02. The number of nitrogens with zero attached hydrogens (tertiary/aromatic N) is 1. The zero-order valence-electron chi connectivity index (χ0n) is 6.47. The number of pyridine rings is 1. The van der Waals surface area contributed by atoms with E-state index in [1.807, 2.05) is 0 Å². The molecule has 2 nitrogen and oxygen atoms in total. The van der Waals surface area contributed by atoms with Gasteiger partial charge in [-0.05, 0) is 13.0 Å². The zero-order chi connectivity index (χ0) is 9.14. The molecular formula is C8H7BrFNO. The number of carbonyl (C=O) groups excluding carboxylic acids is 1. The lowest BCUT2D eigenvalue weighted by atomic mass is 10.1. The molecule has 0 radical (unpaired) electrons. The molecule has 0 fully saturated rings. The van der Waals surface area contributed by atoms with Crippen LogP contribution in [0.4, 0.5) is 4.39 Å². The van der Waals surface area contributed by atoms with Crippen LogP contribution in [-0.4, -0.2) is 16.1 Å². The van der Waals surface area contributed by atoms with Gasteiger partial charge >= 0.3 is 0 Å². The van der Waals surface area contributed by atoms with Crippen molar-refractivity contribution < 1.29 is 9.18 Å². The van der Waals surface area contributed by atoms with Gasteiger partial charge in [-0.1, -0.05) is 15.9 Å². The Bertz CT molecular complexity index is 314. The third-order valence-corrected chi connectivity index (χ3v) is 1.97. The fraction of sp³-hybridized carbons (Fsp3) is 0.250. The average molecular weight is 232 g/mol. The van der Waals surface area contributed by atoms with Crippen molar-refractivity contribution in [1.29, 1.82) is 0 Å². The van der Waals surface area contributed by atoms with Gasteiger partial charge in [0.15, 0.2) is 5.78 Å². The monoisotopic (exact) mass is 231 g/mol. The van der Waals surface area contributed by atoms with Crippen LogP contribution in [0, 0.1) is 12.9 Å². The number of aryl methyl sites for hydroxylation is 1. The number of carbonyl (C=O) groups is 1. The summed E-state index contributed by atoms with van der Waals surface area (Å²) in [4.78, 5) is 14.5. The molecular weight excluding hydrogens is 225 g/mol. The second-order valence-electron chi connectivity index (χ2n) is 2.39. The molecule has 0 N–H and O–H groups in total. The van der Waals surface area contributed by atoms with Gasteiger partial charge in [0.2, 0.25) is 5.95 Å². The van der Waals surface area contributed by atoms with Gasteiger partial charge in [0.05, 0.1) is 5.33 Å². The Hall–Kier alpha value is -0.770. The van der Waals surface area contributed by atoms with E-state index in [0.717, 1.165) is 0 Å². The lowest BCUT2D eigenvalue weighted by molar-refractivity contribution is 0.102. The average Bonchev–Trinajstić information content (AvgIpc) is 2.08. The number of halogens is 2. The molecule has 12 heavy (non-hydrogen) atoms. The molecule has 0 amide bonds. The fourth-order valence-electron chi connectivity index (χ4n) is 0.788. The van der Waals surface area contributed by atoms with E-state index in [9.17, 15) is 9.18 Å². The zero-order valence-corrected chi connectivity index (χ0v) is 8.06. The summed E-state index contributed by atoms with van der Waals surface area (Å²) in [5, 5.41) is 0.236. The Kier molecular flexibility index (Phi) is 2.92. The number of alkyl halides is 1. The van der Waals surface area contributed by atoms with E-state index in [1.54, 1.807) is 6.92 Å². The van der Waals surface area contributed by atoms with Crippen molar-refractivity contribution >= 4 is 21.7 Å². The third-order valence-electron chi connectivity index (χ3n) is 1.46. The second kappa shape index (κ2) is 3.76. The molecule has 4 heteroatoms. The maximum absolute atomic E-state index is 12.6. The first-order valence-electron chi connectivity index (χ1n) is 3.36. The van der Waals surface area contributed by atoms with Crippen molar-refractivity contribution in [1.82, 2.24) is 4.98 Å². The Labute approximate surface area is 77.9 Å². The molecule has 0 aliphatic heterocycles. The lowest BCUT2D eigenvalue weighted by Gasteiger charge is -1.98. The SMILES string of the molecule is Cc1cc(C(=O)CBr)cnc1F. The molecule has 0 saturated heterocycles. The first-order valence-corrected chi connectivity index (χ1v) is 4.48. The molecule has 0 atom stereocenters. The maximum Gasteiger partial charge on any atom is 0.215 e. The van der Waals surface area contributed by atoms with Crippen LogP contribution < -0.4 is 0 Å². The maximum atomic E-state index is 12.6. The summed E-state index contributed by atoms with van der Waals surface area (Å²) in [6.07, 6.45) is 1.24. The summed E-state index contributed by atoms with van der Waals surface area (Å²) in [5.74, 6) is -0.619. The smallest absolute Gasteiger partial charge is 0.215 e. The van der Waals surface area contributed by atoms with E-state index in [-0.39, 0.29) is 11.1 Å². The van der Waals surface area contributed by atoms with E-state index in [4.69, 9.17) is 0 Å². The minimum absolute atomic E-state index is 0.0920. The minimum Gasteiger partial charge on any atom is -0.293 e. The normalized spacial score (nSPS) is 9.92. The van der Waals surface area contributed by atoms with Gasteiger partial charge in [-0.2, -0.15) is 4.39 Å². The Morgan fingerprint density at radius 1 is 1.75 bits per heavy atom. The van der Waals surface area contributed by atoms with Crippen LogP contribution >= 0.6 is 15.9 Å². The molecule has 0 saturated carbocycles. The summed E-state index contributed by atoms with van der Waals surface area (Å²) in [6, 6.07) is 1.49. The van der Waals surface area contributed by atoms with Crippen molar-refractivity contribution in [3.63, 3.8) is 0 Å². The summed E-state index contributed by atoms with van der Waals surface area (Å²) < 4.78 is 12.6. The van der Waals surface area contributed by atoms with Crippen molar-refractivity contribution in [3.8, 4) is 0 Å². The van der Waals surface area contributed by atoms with Gasteiger partial charge in [0, 0.05) is 17.3 Å². The van der Waals surface area contributed by atoms with E-state index >= 15 is 0 Å². The second-order valence-corrected chi connectivity index (χ2v) is 2.95. The minimum atomic E-state index is -0.527. The number of Topliss-reactive ketones (excluding diaryl/α,β-unsaturated/α-hetero) is 1. The van der Waals surface area contributed by atoms with Crippen molar-refractivity contribution in [3.05, 3.63) is 29.3 Å². The van der Waals surface area contributed by atoms with Crippen LogP contribution in [0.15, 0.2) is 12.3 Å². The van der Waals surface area contributed by atoms with E-state index in [0.29, 0.717) is 11.1 Å². The summed E-state index contributed by atoms with van der Waals surface area (Å²) in [5.41, 5.74) is 0.826. The van der Waals surface area contributed by atoms with Crippen LogP contribution in [0.1, 0.15) is 15.9 Å². The molecule has 0 spiro atoms. The third kappa shape index (κ3) is 1.88. The highest BCUT2D eigenvalue weighted by Gasteiger charge is 2.06. The van der Waals surface area contributed by atoms with E-state index < -0.39 is 5.95 Å². The summed E-state index contributed by atoms with van der Waals surface area (Å²) in [6.45, 7) is 1.58. The quantitative estimate of drug-likeness (QED) is 0.444. The van der Waals surface area contributed by atoms with Crippen LogP contribution in [0.5, 0.6) is 0 Å². The molecule has 1 aromatic heterocycles. The molecule has 0 aromatic carbocycles. The molecule has 0 bridgehead atoms. The highest BCUT2D eigenvalue weighted by molar-refractivity contribution is 9.09. The van der Waals surface area contributed by atoms with E-state index in [1.165, 1.54) is 12.3 Å². The van der Waals surface area contributed by atoms with E-state index in [2.05, 4.69) is 20.9 Å². The Balaban J connectivity index is 3.05. The first kappa shape index (κ1) is 9.32. The highest BCUT2D eigenvalue weighted by Crippen LogP contribution is 2.07. The van der Waals surface area contributed by atoms with Gasteiger partial charge in [0.25, 0.3) is 0 Å². The molecule has 64 valence electrons. The van der Waals surface area contributed by atoms with Gasteiger partial charge in [-0.25, -0.2) is 4.98 Å². The molecule has 1 rings (SSSR count). The number of hydrogen-bond donors (Lipinski definition) is 0. The van der Waals surface area contributed by atoms with Gasteiger partial charge in [-0.3, -0.25) is 4.79 Å². The van der Waals surface area contributed by atoms with Crippen LogP contribution in [0.2, 0.25) is 0 Å². The number of rotatable bonds is 2. The van der Waals surface area contributed by atoms with Crippen LogP contribution in [0.3, 0.4) is 0 Å². The predicted molar refractivity (Wildman–Crippen MR) is 47.1 cm³/mol. The highest BCUT2D eigenvalue weighted by atomic mass is 79.9. The predicted octanol–water partition coefficient (Wildman–Crippen LogP) is 2.11. The number of hydrogen-bond acceptors (Lipinski definition) is 2.